The van der Waals surface area contributed by atoms with Crippen LogP contribution in [0.15, 0.2) is 0 Å². The molecule has 0 aromatic heterocycles. The van der Waals surface area contributed by atoms with Crippen LogP contribution in [0, 0.1) is 6.61 Å². The second kappa shape index (κ2) is 9.83. The maximum atomic E-state index is 4.60. The maximum Gasteiger partial charge on any atom is 0.0320 e. The fourth-order valence-corrected chi connectivity index (χ4v) is 0.136. The summed E-state index contributed by atoms with van der Waals surface area (Å²) < 4.78 is 9.13. The predicted molar refractivity (Wildman–Crippen MR) is 23.2 cm³/mol. The van der Waals surface area contributed by atoms with Gasteiger partial charge >= 0.3 is 0 Å². The first-order valence-corrected chi connectivity index (χ1v) is 1.75. The number of rotatable bonds is 3. The third-order valence-corrected chi connectivity index (χ3v) is 0.401. The normalized spacial score (nSPS) is 7.71. The molecule has 2 nitrogen and oxygen atoms in total. The van der Waals surface area contributed by atoms with Crippen LogP contribution in [0.3, 0.4) is 0 Å². The average Bonchev–Trinajstić information content (AvgIpc) is 1.61. The van der Waals surface area contributed by atoms with Crippen molar-refractivity contribution >= 4 is 0 Å². The second-order valence-electron chi connectivity index (χ2n) is 0.858. The van der Waals surface area contributed by atoms with Crippen molar-refractivity contribution in [2.45, 2.75) is 0 Å². The summed E-state index contributed by atoms with van der Waals surface area (Å²) in [5.74, 6) is 0. The van der Waals surface area contributed by atoms with Gasteiger partial charge in [0.15, 0.2) is 0 Å². The van der Waals surface area contributed by atoms with Crippen LogP contribution in [0.4, 0.5) is 0 Å². The van der Waals surface area contributed by atoms with Crippen LogP contribution in [-0.2, 0) is 31.9 Å². The SMILES string of the molecule is CO[CH-]COC.[Nb]. The number of hydrogen-bond acceptors (Lipinski definition) is 2. The van der Waals surface area contributed by atoms with Gasteiger partial charge in [-0.15, -0.1) is 0 Å². The molecule has 0 fully saturated rings. The summed E-state index contributed by atoms with van der Waals surface area (Å²) in [7, 11) is 3.22. The van der Waals surface area contributed by atoms with E-state index in [4.69, 9.17) is 0 Å². The van der Waals surface area contributed by atoms with Crippen LogP contribution < -0.4 is 0 Å². The first-order chi connectivity index (χ1) is 2.91. The van der Waals surface area contributed by atoms with Gasteiger partial charge in [-0.05, 0) is 7.11 Å². The minimum absolute atomic E-state index is 0. The zero-order chi connectivity index (χ0) is 4.83. The van der Waals surface area contributed by atoms with Crippen molar-refractivity contribution in [3.05, 3.63) is 6.61 Å². The molecular formula is C4H9NbO2-. The van der Waals surface area contributed by atoms with Crippen molar-refractivity contribution in [2.24, 2.45) is 0 Å². The molecule has 0 amide bonds. The maximum absolute atomic E-state index is 4.60. The van der Waals surface area contributed by atoms with Gasteiger partial charge in [0.1, 0.15) is 0 Å². The third kappa shape index (κ3) is 10.8. The fourth-order valence-electron chi connectivity index (χ4n) is 0.136. The summed E-state index contributed by atoms with van der Waals surface area (Å²) in [4.78, 5) is 0. The van der Waals surface area contributed by atoms with Crippen LogP contribution in [0.2, 0.25) is 0 Å². The Morgan fingerprint density at radius 3 is 2.14 bits per heavy atom. The molecule has 0 aromatic rings. The Bertz CT molecular complexity index is 21.7. The standard InChI is InChI=1S/C4H9O2.Nb/c1-5-3-4-6-2;/h3H,4H2,1-2H3;/q-1;. The molecule has 7 heavy (non-hydrogen) atoms. The number of hydrogen-bond donors (Lipinski definition) is 0. The molecule has 0 aliphatic heterocycles. The fraction of sp³-hybridized carbons (Fsp3) is 0.750. The van der Waals surface area contributed by atoms with Crippen molar-refractivity contribution in [3.63, 3.8) is 0 Å². The molecule has 0 aliphatic carbocycles. The number of ether oxygens (including phenoxy) is 2. The van der Waals surface area contributed by atoms with Gasteiger partial charge in [-0.2, -0.15) is 6.61 Å². The summed E-state index contributed by atoms with van der Waals surface area (Å²) in [5.41, 5.74) is 0. The van der Waals surface area contributed by atoms with Gasteiger partial charge < -0.3 is 9.47 Å². The minimum atomic E-state index is 0. The van der Waals surface area contributed by atoms with E-state index in [1.165, 1.54) is 0 Å². The molecule has 0 bridgehead atoms. The van der Waals surface area contributed by atoms with Crippen molar-refractivity contribution in [1.82, 2.24) is 0 Å². The van der Waals surface area contributed by atoms with E-state index in [2.05, 4.69) is 9.47 Å². The Morgan fingerprint density at radius 1 is 1.43 bits per heavy atom. The summed E-state index contributed by atoms with van der Waals surface area (Å²) in [5, 5.41) is 0. The van der Waals surface area contributed by atoms with E-state index in [1.807, 2.05) is 0 Å². The summed E-state index contributed by atoms with van der Waals surface area (Å²) in [6, 6.07) is 0. The van der Waals surface area contributed by atoms with Crippen molar-refractivity contribution in [1.29, 1.82) is 0 Å². The topological polar surface area (TPSA) is 18.5 Å². The van der Waals surface area contributed by atoms with Crippen molar-refractivity contribution < 1.29 is 31.9 Å². The molecule has 1 radical (unpaired) electrons. The molecule has 0 heterocycles. The molecule has 0 spiro atoms. The molecule has 0 aliphatic rings. The average molecular weight is 182 g/mol. The molecule has 0 saturated heterocycles. The Balaban J connectivity index is 0. The van der Waals surface area contributed by atoms with Gasteiger partial charge in [-0.1, -0.05) is 6.61 Å². The Morgan fingerprint density at radius 2 is 2.00 bits per heavy atom. The van der Waals surface area contributed by atoms with E-state index in [9.17, 15) is 0 Å². The van der Waals surface area contributed by atoms with Crippen molar-refractivity contribution in [3.8, 4) is 0 Å². The molecule has 3 heteroatoms. The van der Waals surface area contributed by atoms with Crippen LogP contribution in [-0.4, -0.2) is 20.8 Å². The summed E-state index contributed by atoms with van der Waals surface area (Å²) in [6.45, 7) is 2.15. The van der Waals surface area contributed by atoms with Gasteiger partial charge in [-0.3, -0.25) is 0 Å². The van der Waals surface area contributed by atoms with E-state index in [0.29, 0.717) is 6.61 Å². The largest absolute Gasteiger partial charge is 0.552 e. The van der Waals surface area contributed by atoms with E-state index in [1.54, 1.807) is 20.8 Å². The van der Waals surface area contributed by atoms with E-state index < -0.39 is 0 Å². The summed E-state index contributed by atoms with van der Waals surface area (Å²) >= 11 is 0. The van der Waals surface area contributed by atoms with E-state index >= 15 is 0 Å². The van der Waals surface area contributed by atoms with Gasteiger partial charge in [0.05, 0.1) is 0 Å². The monoisotopic (exact) mass is 182 g/mol. The van der Waals surface area contributed by atoms with Gasteiger partial charge in [0.25, 0.3) is 0 Å². The Kier molecular flexibility index (Phi) is 14.9. The van der Waals surface area contributed by atoms with Crippen LogP contribution in [0.25, 0.3) is 0 Å². The Hall–Kier alpha value is 0.660. The second-order valence-corrected chi connectivity index (χ2v) is 0.858. The first kappa shape index (κ1) is 10.6. The Labute approximate surface area is 59.7 Å². The molecular weight excluding hydrogens is 173 g/mol. The van der Waals surface area contributed by atoms with Gasteiger partial charge in [0.2, 0.25) is 0 Å². The molecule has 0 atom stereocenters. The molecule has 0 aromatic carbocycles. The molecule has 0 unspecified atom stereocenters. The predicted octanol–water partition coefficient (Wildman–Crippen LogP) is 0.438. The van der Waals surface area contributed by atoms with Gasteiger partial charge in [0, 0.05) is 29.5 Å². The molecule has 0 rings (SSSR count). The van der Waals surface area contributed by atoms with Crippen LogP contribution >= 0.6 is 0 Å². The van der Waals surface area contributed by atoms with Gasteiger partial charge in [-0.25, -0.2) is 0 Å². The number of methoxy groups -OCH3 is 2. The zero-order valence-electron chi connectivity index (χ0n) is 4.55. The first-order valence-electron chi connectivity index (χ1n) is 1.75. The van der Waals surface area contributed by atoms with Crippen LogP contribution in [0.5, 0.6) is 0 Å². The minimum Gasteiger partial charge on any atom is -0.552 e. The van der Waals surface area contributed by atoms with E-state index in [0.717, 1.165) is 0 Å². The zero-order valence-corrected chi connectivity index (χ0v) is 6.75. The quantitative estimate of drug-likeness (QED) is 0.358. The van der Waals surface area contributed by atoms with E-state index in [-0.39, 0.29) is 22.4 Å². The molecule has 43 valence electrons. The molecule has 0 saturated carbocycles. The van der Waals surface area contributed by atoms with Crippen LogP contribution in [0.1, 0.15) is 0 Å². The molecule has 0 N–H and O–H groups in total. The smallest absolute Gasteiger partial charge is 0.0320 e. The summed E-state index contributed by atoms with van der Waals surface area (Å²) in [6.07, 6.45) is 0. The van der Waals surface area contributed by atoms with Crippen molar-refractivity contribution in [2.75, 3.05) is 20.8 Å². The third-order valence-electron chi connectivity index (χ3n) is 0.401.